The molecule has 2 saturated heterocycles. The van der Waals surface area contributed by atoms with E-state index >= 15 is 0 Å². The van der Waals surface area contributed by atoms with E-state index in [-0.39, 0.29) is 23.8 Å². The van der Waals surface area contributed by atoms with Gasteiger partial charge >= 0.3 is 6.09 Å². The van der Waals surface area contributed by atoms with E-state index in [1.54, 1.807) is 11.8 Å². The van der Waals surface area contributed by atoms with Gasteiger partial charge in [0.25, 0.3) is 0 Å². The van der Waals surface area contributed by atoms with Gasteiger partial charge in [-0.25, -0.2) is 4.79 Å². The third-order valence-electron chi connectivity index (χ3n) is 3.40. The van der Waals surface area contributed by atoms with Crippen LogP contribution in [0.3, 0.4) is 0 Å². The van der Waals surface area contributed by atoms with Crippen molar-refractivity contribution in [3.8, 4) is 0 Å². The zero-order chi connectivity index (χ0) is 12.1. The summed E-state index contributed by atoms with van der Waals surface area (Å²) in [6.45, 7) is 7.86. The molecule has 3 rings (SSSR count). The monoisotopic (exact) mass is 225 g/mol. The minimum absolute atomic E-state index is 0.0625. The highest BCUT2D eigenvalue weighted by atomic mass is 16.6. The van der Waals surface area contributed by atoms with Crippen molar-refractivity contribution in [1.82, 2.24) is 4.90 Å². The highest BCUT2D eigenvalue weighted by molar-refractivity contribution is 5.83. The normalized spacial score (nSPS) is 32.2. The molecular formula is C12H19NO3. The summed E-state index contributed by atoms with van der Waals surface area (Å²) in [6, 6.07) is 0.0948. The van der Waals surface area contributed by atoms with Crippen LogP contribution in [0.1, 0.15) is 34.1 Å². The molecule has 1 amide bonds. The molecule has 2 heterocycles. The maximum atomic E-state index is 11.9. The Kier molecular flexibility index (Phi) is 2.48. The molecule has 4 nitrogen and oxygen atoms in total. The van der Waals surface area contributed by atoms with Gasteiger partial charge in [-0.3, -0.25) is 4.79 Å². The first-order valence-corrected chi connectivity index (χ1v) is 5.79. The number of carbonyl (C=O) groups is 2. The van der Waals surface area contributed by atoms with Crippen molar-refractivity contribution in [2.75, 3.05) is 6.54 Å². The molecule has 16 heavy (non-hydrogen) atoms. The van der Waals surface area contributed by atoms with Crippen molar-refractivity contribution in [2.24, 2.45) is 11.8 Å². The maximum Gasteiger partial charge on any atom is 0.410 e. The average molecular weight is 225 g/mol. The lowest BCUT2D eigenvalue weighted by Gasteiger charge is -2.34. The van der Waals surface area contributed by atoms with Gasteiger partial charge in [0.05, 0.1) is 0 Å². The summed E-state index contributed by atoms with van der Waals surface area (Å²) in [6.07, 6.45) is 0.687. The smallest absolute Gasteiger partial charge is 0.410 e. The third-order valence-corrected chi connectivity index (χ3v) is 3.40. The van der Waals surface area contributed by atoms with E-state index in [2.05, 4.69) is 0 Å². The maximum absolute atomic E-state index is 11.9. The second-order valence-corrected chi connectivity index (χ2v) is 5.83. The number of ether oxygens (including phenoxy) is 1. The van der Waals surface area contributed by atoms with Crippen LogP contribution in [0.25, 0.3) is 0 Å². The van der Waals surface area contributed by atoms with Gasteiger partial charge in [-0.15, -0.1) is 0 Å². The summed E-state index contributed by atoms with van der Waals surface area (Å²) in [7, 11) is 0. The lowest BCUT2D eigenvalue weighted by atomic mass is 9.72. The predicted molar refractivity (Wildman–Crippen MR) is 59.0 cm³/mol. The molecule has 90 valence electrons. The Morgan fingerprint density at radius 3 is 2.38 bits per heavy atom. The second kappa shape index (κ2) is 3.47. The van der Waals surface area contributed by atoms with Crippen molar-refractivity contribution in [2.45, 2.75) is 45.8 Å². The largest absolute Gasteiger partial charge is 0.444 e. The van der Waals surface area contributed by atoms with Crippen molar-refractivity contribution < 1.29 is 14.3 Å². The van der Waals surface area contributed by atoms with Crippen LogP contribution in [-0.2, 0) is 9.53 Å². The number of hydrogen-bond acceptors (Lipinski definition) is 3. The van der Waals surface area contributed by atoms with Crippen LogP contribution >= 0.6 is 0 Å². The summed E-state index contributed by atoms with van der Waals surface area (Å²) in [5.41, 5.74) is -0.463. The summed E-state index contributed by atoms with van der Waals surface area (Å²) in [5, 5.41) is 0. The highest BCUT2D eigenvalue weighted by Gasteiger charge is 2.56. The van der Waals surface area contributed by atoms with Gasteiger partial charge in [-0.05, 0) is 40.0 Å². The quantitative estimate of drug-likeness (QED) is 0.684. The van der Waals surface area contributed by atoms with Crippen LogP contribution in [0.15, 0.2) is 0 Å². The first kappa shape index (κ1) is 11.4. The Morgan fingerprint density at radius 2 is 1.94 bits per heavy atom. The Balaban J connectivity index is 1.99. The van der Waals surface area contributed by atoms with Gasteiger partial charge in [0, 0.05) is 18.5 Å². The van der Waals surface area contributed by atoms with Crippen molar-refractivity contribution in [3.05, 3.63) is 0 Å². The molecule has 0 N–H and O–H groups in total. The molecule has 1 aliphatic carbocycles. The van der Waals surface area contributed by atoms with Crippen LogP contribution < -0.4 is 0 Å². The number of hydrogen-bond donors (Lipinski definition) is 0. The van der Waals surface area contributed by atoms with E-state index in [4.69, 9.17) is 4.74 Å². The molecule has 4 heteroatoms. The van der Waals surface area contributed by atoms with Gasteiger partial charge < -0.3 is 9.64 Å². The molecule has 3 atom stereocenters. The standard InChI is InChI=1S/C12H19NO3/c1-7(14)10-8-5-9(10)13(6-8)11(15)16-12(2,3)4/h8-10H,5-6H2,1-4H3/t8-,9?,10?/m1/s1. The van der Waals surface area contributed by atoms with Gasteiger partial charge in [-0.1, -0.05) is 0 Å². The topological polar surface area (TPSA) is 46.6 Å². The predicted octanol–water partition coefficient (Wildman–Crippen LogP) is 1.83. The zero-order valence-corrected chi connectivity index (χ0v) is 10.3. The molecule has 2 aliphatic heterocycles. The van der Waals surface area contributed by atoms with Gasteiger partial charge in [0.15, 0.2) is 0 Å². The number of fused-ring (bicyclic) bond motifs is 1. The van der Waals surface area contributed by atoms with E-state index in [1.165, 1.54) is 0 Å². The van der Waals surface area contributed by atoms with Gasteiger partial charge in [0.2, 0.25) is 0 Å². The Bertz CT molecular complexity index is 332. The molecule has 0 spiro atoms. The molecule has 0 radical (unpaired) electrons. The fraction of sp³-hybridized carbons (Fsp3) is 0.833. The fourth-order valence-electron chi connectivity index (χ4n) is 2.75. The lowest BCUT2D eigenvalue weighted by molar-refractivity contribution is -0.125. The number of Topliss-reactive ketones (excluding diaryl/α,β-unsaturated/α-hetero) is 1. The minimum Gasteiger partial charge on any atom is -0.444 e. The van der Waals surface area contributed by atoms with Crippen LogP contribution in [0, 0.1) is 11.8 Å². The molecule has 3 aliphatic rings. The first-order chi connectivity index (χ1) is 7.29. The van der Waals surface area contributed by atoms with Gasteiger partial charge in [0.1, 0.15) is 11.4 Å². The Hall–Kier alpha value is -1.06. The van der Waals surface area contributed by atoms with Crippen LogP contribution in [0.2, 0.25) is 0 Å². The SMILES string of the molecule is CC(=O)C1C2C[C@@H]1CN2C(=O)OC(C)(C)C. The molecule has 0 aromatic rings. The molecule has 1 saturated carbocycles. The van der Waals surface area contributed by atoms with E-state index in [9.17, 15) is 9.59 Å². The number of nitrogens with zero attached hydrogens (tertiary/aromatic N) is 1. The molecule has 3 fully saturated rings. The lowest BCUT2D eigenvalue weighted by Crippen LogP contribution is -2.45. The minimum atomic E-state index is -0.463. The van der Waals surface area contributed by atoms with E-state index in [0.717, 1.165) is 6.42 Å². The van der Waals surface area contributed by atoms with E-state index in [0.29, 0.717) is 12.5 Å². The van der Waals surface area contributed by atoms with Crippen LogP contribution in [-0.4, -0.2) is 35.0 Å². The molecule has 0 aromatic carbocycles. The first-order valence-electron chi connectivity index (χ1n) is 5.79. The van der Waals surface area contributed by atoms with Crippen molar-refractivity contribution in [3.63, 3.8) is 0 Å². The van der Waals surface area contributed by atoms with Crippen LogP contribution in [0.4, 0.5) is 4.79 Å². The number of amides is 1. The number of rotatable bonds is 1. The molecular weight excluding hydrogens is 206 g/mol. The summed E-state index contributed by atoms with van der Waals surface area (Å²) >= 11 is 0. The zero-order valence-electron chi connectivity index (χ0n) is 10.3. The van der Waals surface area contributed by atoms with Gasteiger partial charge in [-0.2, -0.15) is 0 Å². The summed E-state index contributed by atoms with van der Waals surface area (Å²) in [4.78, 5) is 24.9. The third kappa shape index (κ3) is 1.81. The molecule has 0 aromatic heterocycles. The molecule has 2 bridgehead atoms. The average Bonchev–Trinajstić information content (AvgIpc) is 2.53. The summed E-state index contributed by atoms with van der Waals surface area (Å²) < 4.78 is 5.32. The second-order valence-electron chi connectivity index (χ2n) is 5.83. The fourth-order valence-corrected chi connectivity index (χ4v) is 2.75. The van der Waals surface area contributed by atoms with E-state index in [1.807, 2.05) is 20.8 Å². The van der Waals surface area contributed by atoms with E-state index < -0.39 is 5.60 Å². The highest BCUT2D eigenvalue weighted by Crippen LogP contribution is 2.47. The summed E-state index contributed by atoms with van der Waals surface area (Å²) in [5.74, 6) is 0.634. The number of carbonyl (C=O) groups excluding carboxylic acids is 2. The Labute approximate surface area is 95.9 Å². The van der Waals surface area contributed by atoms with Crippen LogP contribution in [0.5, 0.6) is 0 Å². The van der Waals surface area contributed by atoms with Crippen molar-refractivity contribution >= 4 is 11.9 Å². The Morgan fingerprint density at radius 1 is 1.31 bits per heavy atom. The number of ketones is 1. The molecule has 2 unspecified atom stereocenters. The van der Waals surface area contributed by atoms with Crippen molar-refractivity contribution in [1.29, 1.82) is 0 Å².